The Morgan fingerprint density at radius 2 is 1.74 bits per heavy atom. The quantitative estimate of drug-likeness (QED) is 0.661. The Hall–Kier alpha value is -2.17. The molecule has 1 heterocycles. The van der Waals surface area contributed by atoms with Crippen LogP contribution in [0.4, 0.5) is 0 Å². The highest BCUT2D eigenvalue weighted by Crippen LogP contribution is 2.36. The number of ether oxygens (including phenoxy) is 1. The average molecular weight is 424 g/mol. The predicted octanol–water partition coefficient (Wildman–Crippen LogP) is 4.98. The summed E-state index contributed by atoms with van der Waals surface area (Å²) >= 11 is 0. The van der Waals surface area contributed by atoms with E-state index in [0.29, 0.717) is 38.9 Å². The van der Waals surface area contributed by atoms with Crippen LogP contribution in [-0.2, 0) is 16.0 Å². The fourth-order valence-electron chi connectivity index (χ4n) is 4.87. The van der Waals surface area contributed by atoms with Crippen molar-refractivity contribution in [3.05, 3.63) is 59.2 Å². The summed E-state index contributed by atoms with van der Waals surface area (Å²) in [6.45, 7) is 11.2. The third kappa shape index (κ3) is 6.18. The van der Waals surface area contributed by atoms with Crippen molar-refractivity contribution in [2.45, 2.75) is 71.9 Å². The summed E-state index contributed by atoms with van der Waals surface area (Å²) in [6, 6.07) is 15.2. The predicted molar refractivity (Wildman–Crippen MR) is 126 cm³/mol. The second-order valence-electron chi connectivity index (χ2n) is 10.0. The number of aryl methyl sites for hydroxylation is 2. The van der Waals surface area contributed by atoms with Gasteiger partial charge in [-0.3, -0.25) is 4.79 Å². The van der Waals surface area contributed by atoms with Crippen LogP contribution in [0, 0.1) is 19.3 Å². The van der Waals surface area contributed by atoms with E-state index in [1.807, 2.05) is 13.8 Å². The Morgan fingerprint density at radius 3 is 2.35 bits per heavy atom. The van der Waals surface area contributed by atoms with Crippen LogP contribution in [0.2, 0.25) is 0 Å². The van der Waals surface area contributed by atoms with E-state index in [-0.39, 0.29) is 5.91 Å². The zero-order valence-corrected chi connectivity index (χ0v) is 19.6. The van der Waals surface area contributed by atoms with Crippen LogP contribution in [0.15, 0.2) is 42.5 Å². The molecular weight excluding hydrogens is 386 g/mol. The highest BCUT2D eigenvalue weighted by Gasteiger charge is 2.42. The maximum atomic E-state index is 13.5. The van der Waals surface area contributed by atoms with Crippen molar-refractivity contribution in [1.82, 2.24) is 5.32 Å². The molecule has 4 nitrogen and oxygen atoms in total. The number of nitrogens with one attached hydrogen (secondary N) is 1. The fraction of sp³-hybridized carbons (Fsp3) is 0.519. The molecule has 1 saturated heterocycles. The van der Waals surface area contributed by atoms with Gasteiger partial charge in [-0.05, 0) is 77.0 Å². The largest absolute Gasteiger partial charge is 0.393 e. The van der Waals surface area contributed by atoms with Crippen LogP contribution in [0.3, 0.4) is 0 Å². The van der Waals surface area contributed by atoms with Gasteiger partial charge in [0, 0.05) is 18.8 Å². The van der Waals surface area contributed by atoms with Crippen LogP contribution < -0.4 is 5.32 Å². The molecule has 3 rings (SSSR count). The second-order valence-corrected chi connectivity index (χ2v) is 10.0. The van der Waals surface area contributed by atoms with Crippen molar-refractivity contribution in [3.63, 3.8) is 0 Å². The van der Waals surface area contributed by atoms with Gasteiger partial charge in [0.1, 0.15) is 0 Å². The van der Waals surface area contributed by atoms with Gasteiger partial charge in [-0.15, -0.1) is 0 Å². The summed E-state index contributed by atoms with van der Waals surface area (Å²) in [7, 11) is 0. The van der Waals surface area contributed by atoms with Crippen LogP contribution in [0.5, 0.6) is 0 Å². The molecule has 1 aliphatic heterocycles. The van der Waals surface area contributed by atoms with E-state index in [2.05, 4.69) is 61.6 Å². The first kappa shape index (κ1) is 23.5. The minimum atomic E-state index is -0.491. The van der Waals surface area contributed by atoms with Gasteiger partial charge >= 0.3 is 0 Å². The summed E-state index contributed by atoms with van der Waals surface area (Å²) in [5, 5.41) is 13.0. The molecule has 168 valence electrons. The van der Waals surface area contributed by atoms with Gasteiger partial charge in [-0.2, -0.15) is 0 Å². The number of aliphatic hydroxyl groups is 1. The maximum absolute atomic E-state index is 13.5. The van der Waals surface area contributed by atoms with Gasteiger partial charge in [0.05, 0.1) is 11.5 Å². The van der Waals surface area contributed by atoms with Crippen LogP contribution in [0.25, 0.3) is 11.1 Å². The molecular formula is C27H37NO3. The minimum absolute atomic E-state index is 0.0678. The molecule has 31 heavy (non-hydrogen) atoms. The number of carbonyl (C=O) groups excluding carboxylic acids is 1. The van der Waals surface area contributed by atoms with Gasteiger partial charge in [0.15, 0.2) is 0 Å². The standard InChI is InChI=1S/C27H37NO3/c1-19-13-20(2)15-24(14-19)23-8-6-7-22(16-23)18-27(9-11-31-12-10-27)25(30)28-26(4,5)17-21(3)29/h6-8,13-16,21,29H,9-12,17-18H2,1-5H3,(H,28,30). The van der Waals surface area contributed by atoms with Gasteiger partial charge < -0.3 is 15.2 Å². The highest BCUT2D eigenvalue weighted by atomic mass is 16.5. The topological polar surface area (TPSA) is 58.6 Å². The van der Waals surface area contributed by atoms with Crippen molar-refractivity contribution in [3.8, 4) is 11.1 Å². The van der Waals surface area contributed by atoms with Crippen LogP contribution in [0.1, 0.15) is 56.7 Å². The first-order chi connectivity index (χ1) is 14.6. The molecule has 0 radical (unpaired) electrons. The summed E-state index contributed by atoms with van der Waals surface area (Å²) in [4.78, 5) is 13.5. The number of carbonyl (C=O) groups is 1. The molecule has 2 N–H and O–H groups in total. The summed E-state index contributed by atoms with van der Waals surface area (Å²) in [5.74, 6) is 0.0678. The number of hydrogen-bond acceptors (Lipinski definition) is 3. The monoisotopic (exact) mass is 423 g/mol. The molecule has 0 bridgehead atoms. The van der Waals surface area contributed by atoms with Gasteiger partial charge in [0.2, 0.25) is 5.91 Å². The van der Waals surface area contributed by atoms with Crippen molar-refractivity contribution in [2.24, 2.45) is 5.41 Å². The third-order valence-corrected chi connectivity index (χ3v) is 6.21. The Bertz CT molecular complexity index is 890. The zero-order valence-electron chi connectivity index (χ0n) is 19.6. The van der Waals surface area contributed by atoms with Gasteiger partial charge in [-0.1, -0.05) is 53.6 Å². The first-order valence-corrected chi connectivity index (χ1v) is 11.3. The van der Waals surface area contributed by atoms with E-state index in [1.54, 1.807) is 6.92 Å². The molecule has 1 fully saturated rings. The van der Waals surface area contributed by atoms with E-state index in [4.69, 9.17) is 4.74 Å². The Labute approximate surface area is 187 Å². The second kappa shape index (κ2) is 9.54. The molecule has 1 atom stereocenters. The summed E-state index contributed by atoms with van der Waals surface area (Å²) in [6.07, 6.45) is 2.16. The Morgan fingerprint density at radius 1 is 1.10 bits per heavy atom. The van der Waals surface area contributed by atoms with Crippen molar-refractivity contribution in [1.29, 1.82) is 0 Å². The van der Waals surface area contributed by atoms with E-state index in [1.165, 1.54) is 27.8 Å². The molecule has 2 aromatic rings. The molecule has 1 aliphatic rings. The number of amides is 1. The SMILES string of the molecule is Cc1cc(C)cc(-c2cccc(CC3(C(=O)NC(C)(C)CC(C)O)CCOCC3)c2)c1. The highest BCUT2D eigenvalue weighted by molar-refractivity contribution is 5.84. The summed E-state index contributed by atoms with van der Waals surface area (Å²) < 4.78 is 5.61. The smallest absolute Gasteiger partial charge is 0.227 e. The molecule has 0 aliphatic carbocycles. The number of aliphatic hydroxyl groups excluding tert-OH is 1. The minimum Gasteiger partial charge on any atom is -0.393 e. The van der Waals surface area contributed by atoms with E-state index in [9.17, 15) is 9.90 Å². The Kier molecular flexibility index (Phi) is 7.23. The molecule has 4 heteroatoms. The lowest BCUT2D eigenvalue weighted by Crippen LogP contribution is -2.54. The third-order valence-electron chi connectivity index (χ3n) is 6.21. The molecule has 1 amide bonds. The molecule has 0 spiro atoms. The van der Waals surface area contributed by atoms with E-state index < -0.39 is 17.1 Å². The number of benzene rings is 2. The lowest BCUT2D eigenvalue weighted by atomic mass is 9.73. The maximum Gasteiger partial charge on any atom is 0.227 e. The average Bonchev–Trinajstić information content (AvgIpc) is 2.66. The molecule has 1 unspecified atom stereocenters. The number of rotatable bonds is 7. The molecule has 0 aromatic heterocycles. The van der Waals surface area contributed by atoms with Crippen molar-refractivity contribution >= 4 is 5.91 Å². The van der Waals surface area contributed by atoms with E-state index in [0.717, 1.165) is 0 Å². The van der Waals surface area contributed by atoms with Crippen LogP contribution >= 0.6 is 0 Å². The van der Waals surface area contributed by atoms with Crippen molar-refractivity contribution in [2.75, 3.05) is 13.2 Å². The number of hydrogen-bond donors (Lipinski definition) is 2. The van der Waals surface area contributed by atoms with Crippen LogP contribution in [-0.4, -0.2) is 35.9 Å². The molecule has 0 saturated carbocycles. The lowest BCUT2D eigenvalue weighted by molar-refractivity contribution is -0.138. The van der Waals surface area contributed by atoms with E-state index >= 15 is 0 Å². The normalized spacial score (nSPS) is 17.2. The first-order valence-electron chi connectivity index (χ1n) is 11.3. The molecule has 2 aromatic carbocycles. The lowest BCUT2D eigenvalue weighted by Gasteiger charge is -2.39. The summed E-state index contributed by atoms with van der Waals surface area (Å²) in [5.41, 5.74) is 5.11. The van der Waals surface area contributed by atoms with Gasteiger partial charge in [-0.25, -0.2) is 0 Å². The zero-order chi connectivity index (χ0) is 22.6. The fourth-order valence-corrected chi connectivity index (χ4v) is 4.87. The van der Waals surface area contributed by atoms with Gasteiger partial charge in [0.25, 0.3) is 0 Å². The van der Waals surface area contributed by atoms with Crippen molar-refractivity contribution < 1.29 is 14.6 Å². The Balaban J connectivity index is 1.87.